The Balaban J connectivity index is 2.43. The fourth-order valence-corrected chi connectivity index (χ4v) is 1.92. The van der Waals surface area contributed by atoms with Crippen LogP contribution >= 0.6 is 11.3 Å². The molecule has 15 heavy (non-hydrogen) atoms. The molecule has 0 unspecified atom stereocenters. The van der Waals surface area contributed by atoms with Gasteiger partial charge in [-0.1, -0.05) is 6.92 Å². The summed E-state index contributed by atoms with van der Waals surface area (Å²) >= 11 is 1.44. The first-order valence-corrected chi connectivity index (χ1v) is 5.54. The van der Waals surface area contributed by atoms with Gasteiger partial charge in [0.25, 0.3) is 5.91 Å². The zero-order chi connectivity index (χ0) is 11.3. The molecule has 0 aliphatic carbocycles. The molecule has 0 aliphatic rings. The monoisotopic (exact) mass is 227 g/mol. The van der Waals surface area contributed by atoms with Crippen molar-refractivity contribution in [3.63, 3.8) is 0 Å². The molecule has 0 saturated heterocycles. The van der Waals surface area contributed by atoms with Gasteiger partial charge in [-0.2, -0.15) is 0 Å². The lowest BCUT2D eigenvalue weighted by Gasteiger charge is -1.99. The van der Waals surface area contributed by atoms with Crippen molar-refractivity contribution in [1.82, 2.24) is 5.32 Å². The molecule has 0 radical (unpaired) electrons. The molecule has 82 valence electrons. The zero-order valence-corrected chi connectivity index (χ0v) is 9.26. The largest absolute Gasteiger partial charge is 0.481 e. The zero-order valence-electron chi connectivity index (χ0n) is 8.45. The minimum absolute atomic E-state index is 0.0439. The Bertz CT molecular complexity index is 359. The van der Waals surface area contributed by atoms with E-state index in [0.29, 0.717) is 4.88 Å². The molecule has 1 heterocycles. The summed E-state index contributed by atoms with van der Waals surface area (Å²) in [6, 6.07) is 3.68. The molecular formula is C10H13NO3S. The van der Waals surface area contributed by atoms with Crippen LogP contribution in [0.2, 0.25) is 0 Å². The van der Waals surface area contributed by atoms with E-state index in [-0.39, 0.29) is 18.9 Å². The van der Waals surface area contributed by atoms with Gasteiger partial charge in [0.05, 0.1) is 11.3 Å². The Labute approximate surface area is 91.9 Å². The smallest absolute Gasteiger partial charge is 0.305 e. The minimum Gasteiger partial charge on any atom is -0.481 e. The number of hydrogen-bond acceptors (Lipinski definition) is 3. The number of amides is 1. The molecule has 4 nitrogen and oxygen atoms in total. The third kappa shape index (κ3) is 3.71. The van der Waals surface area contributed by atoms with Gasteiger partial charge in [-0.05, 0) is 18.6 Å². The number of carbonyl (C=O) groups excluding carboxylic acids is 1. The van der Waals surface area contributed by atoms with Crippen molar-refractivity contribution in [2.45, 2.75) is 19.8 Å². The van der Waals surface area contributed by atoms with Crippen molar-refractivity contribution in [2.75, 3.05) is 6.54 Å². The van der Waals surface area contributed by atoms with Crippen LogP contribution in [0.25, 0.3) is 0 Å². The van der Waals surface area contributed by atoms with Crippen molar-refractivity contribution >= 4 is 23.2 Å². The second kappa shape index (κ2) is 5.50. The Morgan fingerprint density at radius 2 is 2.20 bits per heavy atom. The molecule has 1 amide bonds. The van der Waals surface area contributed by atoms with Crippen molar-refractivity contribution in [1.29, 1.82) is 0 Å². The topological polar surface area (TPSA) is 66.4 Å². The van der Waals surface area contributed by atoms with Crippen molar-refractivity contribution in [3.8, 4) is 0 Å². The molecule has 1 aromatic heterocycles. The third-order valence-electron chi connectivity index (χ3n) is 1.86. The summed E-state index contributed by atoms with van der Waals surface area (Å²) < 4.78 is 0. The molecule has 0 bridgehead atoms. The lowest BCUT2D eigenvalue weighted by molar-refractivity contribution is -0.136. The maximum atomic E-state index is 11.5. The first kappa shape index (κ1) is 11.7. The van der Waals surface area contributed by atoms with Gasteiger partial charge in [0.1, 0.15) is 0 Å². The minimum atomic E-state index is -0.907. The van der Waals surface area contributed by atoms with E-state index in [1.165, 1.54) is 11.3 Å². The number of aryl methyl sites for hydroxylation is 1. The molecule has 0 aliphatic heterocycles. The van der Waals surface area contributed by atoms with Crippen LogP contribution in [0.4, 0.5) is 0 Å². The molecule has 0 spiro atoms. The van der Waals surface area contributed by atoms with E-state index in [0.717, 1.165) is 11.3 Å². The first-order valence-electron chi connectivity index (χ1n) is 4.72. The van der Waals surface area contributed by atoms with E-state index >= 15 is 0 Å². The number of carboxylic acids is 1. The first-order chi connectivity index (χ1) is 7.13. The number of carbonyl (C=O) groups is 2. The van der Waals surface area contributed by atoms with Crippen LogP contribution in [0.5, 0.6) is 0 Å². The summed E-state index contributed by atoms with van der Waals surface area (Å²) in [7, 11) is 0. The highest BCUT2D eigenvalue weighted by Crippen LogP contribution is 2.16. The van der Waals surface area contributed by atoms with E-state index in [4.69, 9.17) is 5.11 Å². The summed E-state index contributed by atoms with van der Waals surface area (Å²) in [5, 5.41) is 10.9. The second-order valence-electron chi connectivity index (χ2n) is 3.02. The highest BCUT2D eigenvalue weighted by atomic mass is 32.1. The van der Waals surface area contributed by atoms with Gasteiger partial charge >= 0.3 is 5.97 Å². The fraction of sp³-hybridized carbons (Fsp3) is 0.400. The SMILES string of the molecule is CCc1ccc(C(=O)NCCC(=O)O)s1. The highest BCUT2D eigenvalue weighted by Gasteiger charge is 2.08. The maximum absolute atomic E-state index is 11.5. The van der Waals surface area contributed by atoms with Crippen molar-refractivity contribution < 1.29 is 14.7 Å². The Kier molecular flexibility index (Phi) is 4.30. The van der Waals surface area contributed by atoms with Crippen LogP contribution in [0.3, 0.4) is 0 Å². The van der Waals surface area contributed by atoms with Gasteiger partial charge in [-0.3, -0.25) is 9.59 Å². The lowest BCUT2D eigenvalue weighted by Crippen LogP contribution is -2.25. The number of nitrogens with one attached hydrogen (secondary N) is 1. The molecule has 1 aromatic rings. The molecule has 0 fully saturated rings. The van der Waals surface area contributed by atoms with E-state index < -0.39 is 5.97 Å². The average molecular weight is 227 g/mol. The van der Waals surface area contributed by atoms with E-state index in [1.54, 1.807) is 6.07 Å². The molecular weight excluding hydrogens is 214 g/mol. The number of rotatable bonds is 5. The molecule has 1 rings (SSSR count). The van der Waals surface area contributed by atoms with Crippen LogP contribution in [0.1, 0.15) is 27.9 Å². The summed E-state index contributed by atoms with van der Waals surface area (Å²) in [5.41, 5.74) is 0. The van der Waals surface area contributed by atoms with Gasteiger partial charge in [-0.15, -0.1) is 11.3 Å². The van der Waals surface area contributed by atoms with Gasteiger partial charge in [0.2, 0.25) is 0 Å². The quantitative estimate of drug-likeness (QED) is 0.801. The van der Waals surface area contributed by atoms with Gasteiger partial charge in [0, 0.05) is 11.4 Å². The summed E-state index contributed by atoms with van der Waals surface area (Å²) in [5.74, 6) is -1.10. The Hall–Kier alpha value is -1.36. The van der Waals surface area contributed by atoms with Crippen LogP contribution in [0, 0.1) is 0 Å². The number of carboxylic acid groups (broad SMARTS) is 1. The van der Waals surface area contributed by atoms with E-state index in [1.807, 2.05) is 13.0 Å². The Morgan fingerprint density at radius 1 is 1.47 bits per heavy atom. The fourth-order valence-electron chi connectivity index (χ4n) is 1.06. The van der Waals surface area contributed by atoms with E-state index in [2.05, 4.69) is 5.32 Å². The van der Waals surface area contributed by atoms with Gasteiger partial charge in [-0.25, -0.2) is 0 Å². The van der Waals surface area contributed by atoms with Crippen LogP contribution in [-0.2, 0) is 11.2 Å². The molecule has 0 atom stereocenters. The Morgan fingerprint density at radius 3 is 2.73 bits per heavy atom. The van der Waals surface area contributed by atoms with Gasteiger partial charge in [0.15, 0.2) is 0 Å². The lowest BCUT2D eigenvalue weighted by atomic mass is 10.3. The number of thiophene rings is 1. The highest BCUT2D eigenvalue weighted by molar-refractivity contribution is 7.14. The number of aliphatic carboxylic acids is 1. The second-order valence-corrected chi connectivity index (χ2v) is 4.19. The number of hydrogen-bond donors (Lipinski definition) is 2. The predicted octanol–water partition coefficient (Wildman–Crippen LogP) is 1.51. The normalized spacial score (nSPS) is 9.93. The van der Waals surface area contributed by atoms with Gasteiger partial charge < -0.3 is 10.4 Å². The molecule has 0 aromatic carbocycles. The average Bonchev–Trinajstić information content (AvgIpc) is 2.65. The third-order valence-corrected chi connectivity index (χ3v) is 3.09. The summed E-state index contributed by atoms with van der Waals surface area (Å²) in [6.07, 6.45) is 0.866. The standard InChI is InChI=1S/C10H13NO3S/c1-2-7-3-4-8(15-7)10(14)11-6-5-9(12)13/h3-4H,2,5-6H2,1H3,(H,11,14)(H,12,13). The maximum Gasteiger partial charge on any atom is 0.305 e. The predicted molar refractivity (Wildman–Crippen MR) is 58.3 cm³/mol. The van der Waals surface area contributed by atoms with Crippen LogP contribution in [-0.4, -0.2) is 23.5 Å². The molecule has 5 heteroatoms. The van der Waals surface area contributed by atoms with E-state index in [9.17, 15) is 9.59 Å². The van der Waals surface area contributed by atoms with Crippen LogP contribution < -0.4 is 5.32 Å². The summed E-state index contributed by atoms with van der Waals surface area (Å²) in [6.45, 7) is 2.20. The molecule has 0 saturated carbocycles. The molecule has 2 N–H and O–H groups in total. The van der Waals surface area contributed by atoms with Crippen molar-refractivity contribution in [2.24, 2.45) is 0 Å². The van der Waals surface area contributed by atoms with Crippen molar-refractivity contribution in [3.05, 3.63) is 21.9 Å². The van der Waals surface area contributed by atoms with Crippen LogP contribution in [0.15, 0.2) is 12.1 Å². The summed E-state index contributed by atoms with van der Waals surface area (Å²) in [4.78, 5) is 23.5.